The Morgan fingerprint density at radius 3 is 2.18 bits per heavy atom. The number of hydrogen-bond donors (Lipinski definition) is 3. The summed E-state index contributed by atoms with van der Waals surface area (Å²) in [5.74, 6) is 2.68. The summed E-state index contributed by atoms with van der Waals surface area (Å²) in [6.07, 6.45) is 3.11. The van der Waals surface area contributed by atoms with Crippen LogP contribution in [0.1, 0.15) is 37.7 Å². The van der Waals surface area contributed by atoms with Crippen LogP contribution in [0, 0.1) is 0 Å². The summed E-state index contributed by atoms with van der Waals surface area (Å²) in [4.78, 5) is 22.4. The summed E-state index contributed by atoms with van der Waals surface area (Å²) in [6, 6.07) is 23.0. The first-order valence-corrected chi connectivity index (χ1v) is 19.9. The molecule has 0 fully saturated rings. The largest absolute Gasteiger partial charge is 0.497 e. The molecule has 1 heterocycles. The minimum Gasteiger partial charge on any atom is -0.497 e. The fourth-order valence-electron chi connectivity index (χ4n) is 5.59. The lowest BCUT2D eigenvalue weighted by atomic mass is 9.86. The lowest BCUT2D eigenvalue weighted by molar-refractivity contribution is 0.0179. The van der Waals surface area contributed by atoms with Gasteiger partial charge in [0.25, 0.3) is 0 Å². The molecule has 2 amide bonds. The maximum absolute atomic E-state index is 13.3. The molecule has 0 aliphatic rings. The highest BCUT2D eigenvalue weighted by atomic mass is 32.2. The van der Waals surface area contributed by atoms with Gasteiger partial charge in [-0.3, -0.25) is 4.72 Å². The number of ether oxygens (including phenoxy) is 6. The van der Waals surface area contributed by atoms with Gasteiger partial charge in [0.2, 0.25) is 15.9 Å². The van der Waals surface area contributed by atoms with E-state index in [4.69, 9.17) is 28.4 Å². The first kappa shape index (κ1) is 41.7. The van der Waals surface area contributed by atoms with E-state index in [1.807, 2.05) is 69.3 Å². The second kappa shape index (κ2) is 19.4. The predicted octanol–water partition coefficient (Wildman–Crippen LogP) is 7.39. The molecule has 15 heteroatoms. The number of carbonyl (C=O) groups is 1. The van der Waals surface area contributed by atoms with E-state index in [0.717, 1.165) is 28.2 Å². The number of urea groups is 1. The van der Waals surface area contributed by atoms with Gasteiger partial charge in [-0.15, -0.1) is 0 Å². The van der Waals surface area contributed by atoms with Gasteiger partial charge >= 0.3 is 6.03 Å². The van der Waals surface area contributed by atoms with Gasteiger partial charge in [-0.2, -0.15) is 4.98 Å². The fourth-order valence-corrected chi connectivity index (χ4v) is 6.14. The van der Waals surface area contributed by atoms with Gasteiger partial charge in [-0.1, -0.05) is 45.0 Å². The van der Waals surface area contributed by atoms with Crippen molar-refractivity contribution in [3.05, 3.63) is 102 Å². The smallest absolute Gasteiger partial charge is 0.323 e. The van der Waals surface area contributed by atoms with Crippen LogP contribution in [-0.2, 0) is 36.1 Å². The van der Waals surface area contributed by atoms with Crippen molar-refractivity contribution in [3.63, 3.8) is 0 Å². The number of rotatable bonds is 19. The predicted molar refractivity (Wildman–Crippen MR) is 217 cm³/mol. The quantitative estimate of drug-likeness (QED) is 0.0714. The van der Waals surface area contributed by atoms with Crippen LogP contribution in [0.5, 0.6) is 23.1 Å². The molecule has 0 aliphatic carbocycles. The number of carbonyl (C=O) groups excluding carboxylic acids is 1. The van der Waals surface area contributed by atoms with Crippen molar-refractivity contribution in [2.24, 2.45) is 0 Å². The Balaban J connectivity index is 1.25. The van der Waals surface area contributed by atoms with E-state index in [0.29, 0.717) is 92.1 Å². The lowest BCUT2D eigenvalue weighted by Crippen LogP contribution is -2.21. The van der Waals surface area contributed by atoms with Gasteiger partial charge in [0.15, 0.2) is 0 Å². The van der Waals surface area contributed by atoms with Crippen LogP contribution in [0.4, 0.5) is 21.9 Å². The number of methoxy groups -OCH3 is 2. The Morgan fingerprint density at radius 2 is 1.46 bits per heavy atom. The Morgan fingerprint density at radius 1 is 0.768 bits per heavy atom. The topological polar surface area (TPSA) is 168 Å². The van der Waals surface area contributed by atoms with E-state index in [2.05, 4.69) is 25.3 Å². The number of nitrogens with one attached hydrogen (secondary N) is 3. The van der Waals surface area contributed by atoms with E-state index < -0.39 is 16.1 Å². The van der Waals surface area contributed by atoms with Gasteiger partial charge < -0.3 is 39.1 Å². The normalized spacial score (nSPS) is 11.6. The molecule has 1 aromatic heterocycles. The number of fused-ring (bicyclic) bond motifs is 1. The molecule has 56 heavy (non-hydrogen) atoms. The fraction of sp³-hybridized carbons (Fsp3) is 0.341. The first-order valence-electron chi connectivity index (χ1n) is 18.0. The Kier molecular flexibility index (Phi) is 14.4. The molecular weight excluding hydrogens is 739 g/mol. The van der Waals surface area contributed by atoms with Crippen molar-refractivity contribution in [1.29, 1.82) is 0 Å². The number of benzene rings is 4. The summed E-state index contributed by atoms with van der Waals surface area (Å²) in [5, 5.41) is 7.26. The number of nitrogens with zero attached hydrogens (tertiary/aromatic N) is 2. The molecule has 4 aromatic carbocycles. The molecule has 0 radical (unpaired) electrons. The molecular formula is C41H49N5O9S. The molecule has 5 rings (SSSR count). The Hall–Kier alpha value is -5.48. The summed E-state index contributed by atoms with van der Waals surface area (Å²) >= 11 is 0. The molecule has 298 valence electrons. The van der Waals surface area contributed by atoms with E-state index in [9.17, 15) is 13.2 Å². The third-order valence-electron chi connectivity index (χ3n) is 8.22. The molecule has 3 N–H and O–H groups in total. The molecule has 0 saturated carbocycles. The third-order valence-corrected chi connectivity index (χ3v) is 8.83. The second-order valence-corrected chi connectivity index (χ2v) is 15.6. The summed E-state index contributed by atoms with van der Waals surface area (Å²) in [5.41, 5.74) is 2.76. The van der Waals surface area contributed by atoms with Crippen LogP contribution in [0.2, 0.25) is 0 Å². The van der Waals surface area contributed by atoms with Crippen LogP contribution in [0.25, 0.3) is 10.8 Å². The molecule has 5 aromatic rings. The van der Waals surface area contributed by atoms with Gasteiger partial charge in [0.05, 0.1) is 57.8 Å². The molecule has 0 bridgehead atoms. The van der Waals surface area contributed by atoms with Crippen molar-refractivity contribution >= 4 is 43.9 Å². The molecule has 14 nitrogen and oxygen atoms in total. The van der Waals surface area contributed by atoms with Crippen molar-refractivity contribution in [1.82, 2.24) is 9.97 Å². The summed E-state index contributed by atoms with van der Waals surface area (Å²) < 4.78 is 60.1. The van der Waals surface area contributed by atoms with Crippen molar-refractivity contribution in [3.8, 4) is 23.1 Å². The first-order chi connectivity index (χ1) is 26.8. The van der Waals surface area contributed by atoms with Crippen molar-refractivity contribution in [2.75, 3.05) is 75.5 Å². The van der Waals surface area contributed by atoms with Gasteiger partial charge in [-0.25, -0.2) is 18.2 Å². The van der Waals surface area contributed by atoms with E-state index >= 15 is 0 Å². The minimum absolute atomic E-state index is 0.302. The van der Waals surface area contributed by atoms with Crippen molar-refractivity contribution in [2.45, 2.75) is 32.6 Å². The van der Waals surface area contributed by atoms with Gasteiger partial charge in [0, 0.05) is 48.3 Å². The molecule has 0 aliphatic heterocycles. The Bertz CT molecular complexity index is 2210. The van der Waals surface area contributed by atoms with Crippen molar-refractivity contribution < 1.29 is 41.6 Å². The van der Waals surface area contributed by atoms with E-state index in [-0.39, 0.29) is 5.41 Å². The van der Waals surface area contributed by atoms with Crippen LogP contribution < -0.4 is 29.6 Å². The highest BCUT2D eigenvalue weighted by Gasteiger charge is 2.18. The average molecular weight is 788 g/mol. The monoisotopic (exact) mass is 787 g/mol. The Labute approximate surface area is 327 Å². The molecule has 0 unspecified atom stereocenters. The lowest BCUT2D eigenvalue weighted by Gasteiger charge is -2.22. The van der Waals surface area contributed by atoms with Crippen LogP contribution in [0.15, 0.2) is 85.1 Å². The third kappa shape index (κ3) is 12.8. The SMILES string of the molecule is COCCOCCOCCOc1cc(Cc2nccc(Oc3ccc(NC(=O)Nc4cc(NS(C)(=O)=O)cc(C(C)(C)C)c4)c4ccccc34)n2)cc(OC)c1. The number of anilines is 3. The highest BCUT2D eigenvalue weighted by Crippen LogP contribution is 2.35. The summed E-state index contributed by atoms with van der Waals surface area (Å²) in [7, 11) is -0.300. The van der Waals surface area contributed by atoms with Crippen LogP contribution >= 0.6 is 0 Å². The highest BCUT2D eigenvalue weighted by molar-refractivity contribution is 7.92. The zero-order chi connectivity index (χ0) is 40.1. The molecule has 0 saturated heterocycles. The van der Waals surface area contributed by atoms with Crippen LogP contribution in [0.3, 0.4) is 0 Å². The second-order valence-electron chi connectivity index (χ2n) is 13.8. The number of hydrogen-bond acceptors (Lipinski definition) is 11. The maximum atomic E-state index is 13.3. The average Bonchev–Trinajstić information content (AvgIpc) is 3.14. The van der Waals surface area contributed by atoms with E-state index in [1.165, 1.54) is 0 Å². The summed E-state index contributed by atoms with van der Waals surface area (Å²) in [6.45, 7) is 8.80. The zero-order valence-electron chi connectivity index (χ0n) is 32.5. The van der Waals surface area contributed by atoms with E-state index in [1.54, 1.807) is 50.7 Å². The van der Waals surface area contributed by atoms with Gasteiger partial charge in [-0.05, 0) is 59.0 Å². The number of sulfonamides is 1. The minimum atomic E-state index is -3.53. The number of amides is 2. The maximum Gasteiger partial charge on any atom is 0.323 e. The zero-order valence-corrected chi connectivity index (χ0v) is 33.3. The van der Waals surface area contributed by atoms with Crippen LogP contribution in [-0.4, -0.2) is 84.5 Å². The molecule has 0 atom stereocenters. The number of aromatic nitrogens is 2. The molecule has 0 spiro atoms. The van der Waals surface area contributed by atoms with Gasteiger partial charge in [0.1, 0.15) is 29.7 Å². The standard InChI is InChI=1S/C41H49N5O9S/c1-41(2,3)29-24-30(26-31(25-29)46-56(6,48)49)43-40(47)44-36-11-12-37(35-10-8-7-9-34(35)36)55-39-13-14-42-38(45-39)23-28-21-32(51-5)27-33(22-28)54-20-19-53-18-17-52-16-15-50-4/h7-14,21-22,24-27,46H,15-20,23H2,1-6H3,(H2,43,44,47).